The maximum atomic E-state index is 10.6. The number of hydrogen-bond acceptors (Lipinski definition) is 3. The SMILES string of the molecule is CC(=O)CCc1csc(C(=O)O)c1. The number of rotatable bonds is 4. The molecule has 1 heterocycles. The van der Waals surface area contributed by atoms with E-state index in [0.29, 0.717) is 17.7 Å². The minimum Gasteiger partial charge on any atom is -0.477 e. The van der Waals surface area contributed by atoms with Crippen molar-refractivity contribution < 1.29 is 14.7 Å². The number of carboxylic acids is 1. The first-order valence-electron chi connectivity index (χ1n) is 3.89. The predicted molar refractivity (Wildman–Crippen MR) is 50.3 cm³/mol. The van der Waals surface area contributed by atoms with Gasteiger partial charge in [0.05, 0.1) is 0 Å². The lowest BCUT2D eigenvalue weighted by Crippen LogP contribution is -1.93. The van der Waals surface area contributed by atoms with Crippen LogP contribution >= 0.6 is 11.3 Å². The molecule has 0 aliphatic rings. The van der Waals surface area contributed by atoms with Gasteiger partial charge in [0.15, 0.2) is 0 Å². The monoisotopic (exact) mass is 198 g/mol. The largest absolute Gasteiger partial charge is 0.477 e. The Morgan fingerprint density at radius 3 is 2.69 bits per heavy atom. The molecule has 0 aromatic carbocycles. The highest BCUT2D eigenvalue weighted by Crippen LogP contribution is 2.15. The number of carboxylic acid groups (broad SMARTS) is 1. The summed E-state index contributed by atoms with van der Waals surface area (Å²) < 4.78 is 0. The lowest BCUT2D eigenvalue weighted by molar-refractivity contribution is -0.116. The molecule has 1 N–H and O–H groups in total. The summed E-state index contributed by atoms with van der Waals surface area (Å²) in [5.74, 6) is -0.776. The second-order valence-electron chi connectivity index (χ2n) is 2.83. The number of thiophene rings is 1. The third-order valence-corrected chi connectivity index (χ3v) is 2.60. The van der Waals surface area contributed by atoms with Crippen LogP contribution in [0.5, 0.6) is 0 Å². The van der Waals surface area contributed by atoms with Gasteiger partial charge in [0.2, 0.25) is 0 Å². The summed E-state index contributed by atoms with van der Waals surface area (Å²) in [6.45, 7) is 1.53. The van der Waals surface area contributed by atoms with Crippen LogP contribution in [0.4, 0.5) is 0 Å². The van der Waals surface area contributed by atoms with Gasteiger partial charge >= 0.3 is 5.97 Å². The normalized spacial score (nSPS) is 9.92. The molecule has 3 nitrogen and oxygen atoms in total. The standard InChI is InChI=1S/C9H10O3S/c1-6(10)2-3-7-4-8(9(11)12)13-5-7/h4-5H,2-3H2,1H3,(H,11,12). The number of aryl methyl sites for hydroxylation is 1. The lowest BCUT2D eigenvalue weighted by Gasteiger charge is -1.91. The van der Waals surface area contributed by atoms with Crippen LogP contribution in [0.3, 0.4) is 0 Å². The van der Waals surface area contributed by atoms with Crippen LogP contribution in [-0.4, -0.2) is 16.9 Å². The first-order valence-corrected chi connectivity index (χ1v) is 4.77. The van der Waals surface area contributed by atoms with Crippen molar-refractivity contribution in [1.82, 2.24) is 0 Å². The van der Waals surface area contributed by atoms with Crippen molar-refractivity contribution in [1.29, 1.82) is 0 Å². The first kappa shape index (κ1) is 9.92. The van der Waals surface area contributed by atoms with Gasteiger partial charge in [-0.05, 0) is 30.4 Å². The second kappa shape index (κ2) is 4.18. The second-order valence-corrected chi connectivity index (χ2v) is 3.74. The number of carbonyl (C=O) groups excluding carboxylic acids is 1. The molecule has 0 saturated carbocycles. The zero-order valence-corrected chi connectivity index (χ0v) is 8.06. The van der Waals surface area contributed by atoms with Crippen molar-refractivity contribution in [3.8, 4) is 0 Å². The van der Waals surface area contributed by atoms with Crippen LogP contribution in [0, 0.1) is 0 Å². The predicted octanol–water partition coefficient (Wildman–Crippen LogP) is 1.97. The number of Topliss-reactive ketones (excluding diaryl/α,β-unsaturated/α-hetero) is 1. The van der Waals surface area contributed by atoms with Gasteiger partial charge in [0.25, 0.3) is 0 Å². The molecule has 1 aromatic heterocycles. The molecule has 1 rings (SSSR count). The van der Waals surface area contributed by atoms with Gasteiger partial charge in [0.1, 0.15) is 10.7 Å². The van der Waals surface area contributed by atoms with Gasteiger partial charge in [-0.3, -0.25) is 0 Å². The van der Waals surface area contributed by atoms with Gasteiger partial charge in [-0.15, -0.1) is 11.3 Å². The Balaban J connectivity index is 2.59. The molecule has 4 heteroatoms. The van der Waals surface area contributed by atoms with Gasteiger partial charge in [-0.2, -0.15) is 0 Å². The van der Waals surface area contributed by atoms with E-state index in [0.717, 1.165) is 5.56 Å². The topological polar surface area (TPSA) is 54.4 Å². The van der Waals surface area contributed by atoms with Gasteiger partial charge < -0.3 is 9.90 Å². The Kier molecular flexibility index (Phi) is 3.19. The molecule has 0 unspecified atom stereocenters. The van der Waals surface area contributed by atoms with E-state index in [9.17, 15) is 9.59 Å². The van der Waals surface area contributed by atoms with Crippen molar-refractivity contribution in [2.24, 2.45) is 0 Å². The summed E-state index contributed by atoms with van der Waals surface area (Å²) in [6, 6.07) is 1.62. The van der Waals surface area contributed by atoms with Crippen LogP contribution in [0.25, 0.3) is 0 Å². The van der Waals surface area contributed by atoms with Crippen LogP contribution in [0.2, 0.25) is 0 Å². The molecule has 0 spiro atoms. The zero-order valence-electron chi connectivity index (χ0n) is 7.24. The minimum absolute atomic E-state index is 0.128. The number of carbonyl (C=O) groups is 2. The van der Waals surface area contributed by atoms with Crippen LogP contribution < -0.4 is 0 Å². The lowest BCUT2D eigenvalue weighted by atomic mass is 10.1. The van der Waals surface area contributed by atoms with E-state index in [1.165, 1.54) is 18.3 Å². The third kappa shape index (κ3) is 2.99. The van der Waals surface area contributed by atoms with Crippen molar-refractivity contribution in [3.63, 3.8) is 0 Å². The van der Waals surface area contributed by atoms with E-state index in [1.54, 1.807) is 11.4 Å². The third-order valence-electron chi connectivity index (χ3n) is 1.63. The number of hydrogen-bond donors (Lipinski definition) is 1. The van der Waals surface area contributed by atoms with Crippen molar-refractivity contribution in [3.05, 3.63) is 21.9 Å². The molecular formula is C9H10O3S. The molecule has 1 aromatic rings. The maximum Gasteiger partial charge on any atom is 0.345 e. The molecule has 0 radical (unpaired) electrons. The molecule has 0 aliphatic carbocycles. The Morgan fingerprint density at radius 1 is 1.54 bits per heavy atom. The fourth-order valence-corrected chi connectivity index (χ4v) is 1.72. The summed E-state index contributed by atoms with van der Waals surface area (Å²) in [6.07, 6.45) is 1.12. The average Bonchev–Trinajstić information content (AvgIpc) is 2.48. The Morgan fingerprint density at radius 2 is 2.23 bits per heavy atom. The van der Waals surface area contributed by atoms with Crippen molar-refractivity contribution in [2.75, 3.05) is 0 Å². The highest BCUT2D eigenvalue weighted by Gasteiger charge is 2.06. The molecular weight excluding hydrogens is 188 g/mol. The summed E-state index contributed by atoms with van der Waals surface area (Å²) in [5.41, 5.74) is 0.928. The average molecular weight is 198 g/mol. The van der Waals surface area contributed by atoms with E-state index >= 15 is 0 Å². The first-order chi connectivity index (χ1) is 6.09. The van der Waals surface area contributed by atoms with Crippen molar-refractivity contribution in [2.45, 2.75) is 19.8 Å². The highest BCUT2D eigenvalue weighted by molar-refractivity contribution is 7.12. The van der Waals surface area contributed by atoms with Gasteiger partial charge in [-0.25, -0.2) is 4.79 Å². The smallest absolute Gasteiger partial charge is 0.345 e. The molecule has 0 aliphatic heterocycles. The Bertz CT molecular complexity index is 327. The van der Waals surface area contributed by atoms with E-state index in [1.807, 2.05) is 0 Å². The van der Waals surface area contributed by atoms with E-state index in [2.05, 4.69) is 0 Å². The molecule has 13 heavy (non-hydrogen) atoms. The van der Waals surface area contributed by atoms with E-state index in [4.69, 9.17) is 5.11 Å². The van der Waals surface area contributed by atoms with E-state index in [-0.39, 0.29) is 5.78 Å². The highest BCUT2D eigenvalue weighted by atomic mass is 32.1. The van der Waals surface area contributed by atoms with Gasteiger partial charge in [0, 0.05) is 6.42 Å². The number of ketones is 1. The minimum atomic E-state index is -0.904. The summed E-state index contributed by atoms with van der Waals surface area (Å²) in [4.78, 5) is 21.5. The van der Waals surface area contributed by atoms with Crippen LogP contribution in [-0.2, 0) is 11.2 Å². The molecule has 0 fully saturated rings. The maximum absolute atomic E-state index is 10.6. The Labute approximate surface area is 80.0 Å². The Hall–Kier alpha value is -1.16. The quantitative estimate of drug-likeness (QED) is 0.804. The molecule has 70 valence electrons. The van der Waals surface area contributed by atoms with Crippen LogP contribution in [0.1, 0.15) is 28.6 Å². The summed E-state index contributed by atoms with van der Waals surface area (Å²) in [5, 5.41) is 10.4. The van der Waals surface area contributed by atoms with Crippen molar-refractivity contribution >= 4 is 23.1 Å². The zero-order chi connectivity index (χ0) is 9.84. The number of aromatic carboxylic acids is 1. The van der Waals surface area contributed by atoms with Crippen LogP contribution in [0.15, 0.2) is 11.4 Å². The van der Waals surface area contributed by atoms with Gasteiger partial charge in [-0.1, -0.05) is 0 Å². The summed E-state index contributed by atoms with van der Waals surface area (Å²) >= 11 is 1.20. The fraction of sp³-hybridized carbons (Fsp3) is 0.333. The summed E-state index contributed by atoms with van der Waals surface area (Å²) in [7, 11) is 0. The molecule has 0 amide bonds. The molecule has 0 bridgehead atoms. The fourth-order valence-electron chi connectivity index (χ4n) is 0.939. The molecule has 0 saturated heterocycles. The van der Waals surface area contributed by atoms with E-state index < -0.39 is 5.97 Å². The molecule has 0 atom stereocenters.